The minimum absolute atomic E-state index is 0.0133. The van der Waals surface area contributed by atoms with E-state index in [1.807, 2.05) is 37.3 Å². The van der Waals surface area contributed by atoms with E-state index in [-0.39, 0.29) is 29.6 Å². The van der Waals surface area contributed by atoms with Crippen molar-refractivity contribution in [1.29, 1.82) is 0 Å². The van der Waals surface area contributed by atoms with Gasteiger partial charge in [0.25, 0.3) is 0 Å². The van der Waals surface area contributed by atoms with Gasteiger partial charge in [0.1, 0.15) is 11.3 Å². The van der Waals surface area contributed by atoms with Crippen molar-refractivity contribution in [2.75, 3.05) is 11.5 Å². The Morgan fingerprint density at radius 1 is 1.36 bits per heavy atom. The predicted molar refractivity (Wildman–Crippen MR) is 83.4 cm³/mol. The van der Waals surface area contributed by atoms with E-state index in [9.17, 15) is 13.2 Å². The second-order valence-electron chi connectivity index (χ2n) is 5.63. The molecule has 2 atom stereocenters. The second kappa shape index (κ2) is 5.64. The molecule has 1 aromatic heterocycles. The third kappa shape index (κ3) is 3.24. The summed E-state index contributed by atoms with van der Waals surface area (Å²) in [5.41, 5.74) is 0.772. The molecule has 0 aliphatic carbocycles. The third-order valence-electron chi connectivity index (χ3n) is 3.79. The number of carbonyl (C=O) groups is 1. The summed E-state index contributed by atoms with van der Waals surface area (Å²) in [6, 6.07) is 8.52. The Labute approximate surface area is 128 Å². The molecule has 0 radical (unpaired) electrons. The quantitative estimate of drug-likeness (QED) is 0.904. The van der Waals surface area contributed by atoms with Crippen LogP contribution < -0.4 is 10.6 Å². The highest BCUT2D eigenvalue weighted by Crippen LogP contribution is 2.23. The molecule has 0 saturated carbocycles. The van der Waals surface area contributed by atoms with Gasteiger partial charge in [-0.1, -0.05) is 18.2 Å². The van der Waals surface area contributed by atoms with Crippen molar-refractivity contribution in [3.63, 3.8) is 0 Å². The van der Waals surface area contributed by atoms with Gasteiger partial charge in [-0.2, -0.15) is 0 Å². The molecule has 0 bridgehead atoms. The molecule has 2 heterocycles. The Kier molecular flexibility index (Phi) is 3.82. The van der Waals surface area contributed by atoms with Crippen molar-refractivity contribution in [2.24, 2.45) is 0 Å². The van der Waals surface area contributed by atoms with Crippen LogP contribution in [0.15, 0.2) is 34.7 Å². The lowest BCUT2D eigenvalue weighted by Gasteiger charge is -2.15. The standard InChI is InChI=1S/C15H18N2O4S/c1-10(14-8-11-4-2-3-5-13(11)21-14)16-15(18)17-12-6-7-22(19,20)9-12/h2-5,8,10,12H,6-7,9H2,1H3,(H2,16,17,18)/t10-,12-/m0/s1. The first kappa shape index (κ1) is 14.9. The lowest BCUT2D eigenvalue weighted by atomic mass is 10.2. The summed E-state index contributed by atoms with van der Waals surface area (Å²) >= 11 is 0. The fourth-order valence-electron chi connectivity index (χ4n) is 2.62. The van der Waals surface area contributed by atoms with E-state index in [1.165, 1.54) is 0 Å². The van der Waals surface area contributed by atoms with Crippen LogP contribution in [0.5, 0.6) is 0 Å². The molecule has 7 heteroatoms. The number of hydrogen-bond acceptors (Lipinski definition) is 4. The first-order valence-electron chi connectivity index (χ1n) is 7.19. The zero-order valence-corrected chi connectivity index (χ0v) is 13.0. The molecule has 1 aliphatic rings. The number of fused-ring (bicyclic) bond motifs is 1. The molecule has 0 unspecified atom stereocenters. The van der Waals surface area contributed by atoms with Crippen molar-refractivity contribution in [2.45, 2.75) is 25.4 Å². The number of furan rings is 1. The van der Waals surface area contributed by atoms with Gasteiger partial charge >= 0.3 is 6.03 Å². The highest BCUT2D eigenvalue weighted by Gasteiger charge is 2.29. The van der Waals surface area contributed by atoms with Crippen LogP contribution >= 0.6 is 0 Å². The molecular weight excluding hydrogens is 304 g/mol. The van der Waals surface area contributed by atoms with E-state index < -0.39 is 9.84 Å². The van der Waals surface area contributed by atoms with E-state index in [0.717, 1.165) is 11.0 Å². The molecule has 0 spiro atoms. The van der Waals surface area contributed by atoms with Gasteiger partial charge in [-0.25, -0.2) is 13.2 Å². The lowest BCUT2D eigenvalue weighted by molar-refractivity contribution is 0.233. The SMILES string of the molecule is C[C@H](NC(=O)N[C@H]1CCS(=O)(=O)C1)c1cc2ccccc2o1. The fraction of sp³-hybridized carbons (Fsp3) is 0.400. The van der Waals surface area contributed by atoms with Crippen molar-refractivity contribution < 1.29 is 17.6 Å². The van der Waals surface area contributed by atoms with E-state index in [4.69, 9.17) is 4.42 Å². The Hall–Kier alpha value is -2.02. The second-order valence-corrected chi connectivity index (χ2v) is 7.85. The van der Waals surface area contributed by atoms with Crippen LogP contribution in [-0.2, 0) is 9.84 Å². The summed E-state index contributed by atoms with van der Waals surface area (Å²) in [5, 5.41) is 6.45. The summed E-state index contributed by atoms with van der Waals surface area (Å²) in [6.45, 7) is 1.82. The van der Waals surface area contributed by atoms with Crippen LogP contribution in [0.2, 0.25) is 0 Å². The molecule has 2 N–H and O–H groups in total. The number of benzene rings is 1. The van der Waals surface area contributed by atoms with Crippen molar-refractivity contribution in [1.82, 2.24) is 10.6 Å². The number of amides is 2. The van der Waals surface area contributed by atoms with Gasteiger partial charge in [0, 0.05) is 11.4 Å². The van der Waals surface area contributed by atoms with E-state index in [1.54, 1.807) is 0 Å². The monoisotopic (exact) mass is 322 g/mol. The van der Waals surface area contributed by atoms with Crippen LogP contribution in [0, 0.1) is 0 Å². The first-order valence-corrected chi connectivity index (χ1v) is 9.01. The molecule has 3 rings (SSSR count). The molecule has 2 aromatic rings. The van der Waals surface area contributed by atoms with E-state index >= 15 is 0 Å². The van der Waals surface area contributed by atoms with E-state index in [0.29, 0.717) is 12.2 Å². The average Bonchev–Trinajstić information content (AvgIpc) is 3.01. The maximum atomic E-state index is 12.0. The number of hydrogen-bond donors (Lipinski definition) is 2. The van der Waals surface area contributed by atoms with Gasteiger partial charge in [-0.3, -0.25) is 0 Å². The molecule has 6 nitrogen and oxygen atoms in total. The smallest absolute Gasteiger partial charge is 0.315 e. The maximum Gasteiger partial charge on any atom is 0.315 e. The summed E-state index contributed by atoms with van der Waals surface area (Å²) in [6.07, 6.45) is 0.467. The van der Waals surface area contributed by atoms with Crippen molar-refractivity contribution >= 4 is 26.8 Å². The molecule has 1 aromatic carbocycles. The van der Waals surface area contributed by atoms with Gasteiger partial charge in [0.05, 0.1) is 17.5 Å². The van der Waals surface area contributed by atoms with Crippen LogP contribution in [0.4, 0.5) is 4.79 Å². The van der Waals surface area contributed by atoms with Crippen LogP contribution in [-0.4, -0.2) is 32.0 Å². The molecule has 1 saturated heterocycles. The van der Waals surface area contributed by atoms with Crippen LogP contribution in [0.3, 0.4) is 0 Å². The molecule has 22 heavy (non-hydrogen) atoms. The summed E-state index contributed by atoms with van der Waals surface area (Å²) < 4.78 is 28.5. The Bertz CT molecular complexity index is 764. The Morgan fingerprint density at radius 3 is 2.82 bits per heavy atom. The predicted octanol–water partition coefficient (Wildman–Crippen LogP) is 1.98. The van der Waals surface area contributed by atoms with Gasteiger partial charge in [0.2, 0.25) is 0 Å². The third-order valence-corrected chi connectivity index (χ3v) is 5.55. The van der Waals surface area contributed by atoms with Crippen LogP contribution in [0.1, 0.15) is 25.1 Å². The number of sulfone groups is 1. The van der Waals surface area contributed by atoms with Gasteiger partial charge in [0.15, 0.2) is 9.84 Å². The number of carbonyl (C=O) groups excluding carboxylic acids is 1. The zero-order chi connectivity index (χ0) is 15.7. The topological polar surface area (TPSA) is 88.4 Å². The number of nitrogens with one attached hydrogen (secondary N) is 2. The summed E-state index contributed by atoms with van der Waals surface area (Å²) in [4.78, 5) is 12.0. The van der Waals surface area contributed by atoms with Gasteiger partial charge < -0.3 is 15.1 Å². The molecular formula is C15H18N2O4S. The van der Waals surface area contributed by atoms with Gasteiger partial charge in [-0.05, 0) is 25.5 Å². The number of para-hydroxylation sites is 1. The highest BCUT2D eigenvalue weighted by molar-refractivity contribution is 7.91. The normalized spacial score (nSPS) is 21.6. The average molecular weight is 322 g/mol. The lowest BCUT2D eigenvalue weighted by Crippen LogP contribution is -2.43. The highest BCUT2D eigenvalue weighted by atomic mass is 32.2. The Morgan fingerprint density at radius 2 is 2.14 bits per heavy atom. The summed E-state index contributed by atoms with van der Waals surface area (Å²) in [5.74, 6) is 0.812. The number of urea groups is 1. The summed E-state index contributed by atoms with van der Waals surface area (Å²) in [7, 11) is -3.00. The van der Waals surface area contributed by atoms with Crippen LogP contribution in [0.25, 0.3) is 11.0 Å². The zero-order valence-electron chi connectivity index (χ0n) is 12.2. The Balaban J connectivity index is 1.61. The fourth-order valence-corrected chi connectivity index (χ4v) is 4.29. The molecule has 118 valence electrons. The minimum Gasteiger partial charge on any atom is -0.459 e. The van der Waals surface area contributed by atoms with Crippen molar-refractivity contribution in [3.05, 3.63) is 36.1 Å². The van der Waals surface area contributed by atoms with Crippen molar-refractivity contribution in [3.8, 4) is 0 Å². The largest absolute Gasteiger partial charge is 0.459 e. The first-order chi connectivity index (χ1) is 10.4. The maximum absolute atomic E-state index is 12.0. The number of rotatable bonds is 3. The molecule has 2 amide bonds. The van der Waals surface area contributed by atoms with E-state index in [2.05, 4.69) is 10.6 Å². The van der Waals surface area contributed by atoms with Gasteiger partial charge in [-0.15, -0.1) is 0 Å². The minimum atomic E-state index is -3.00. The molecule has 1 aliphatic heterocycles. The molecule has 1 fully saturated rings.